The average Bonchev–Trinajstić information content (AvgIpc) is 3.03. The van der Waals surface area contributed by atoms with Crippen molar-refractivity contribution >= 4 is 17.8 Å². The number of carbonyl (C=O) groups excluding carboxylic acids is 2. The lowest BCUT2D eigenvalue weighted by molar-refractivity contribution is -0.161. The zero-order valence-electron chi connectivity index (χ0n) is 14.8. The second-order valence-corrected chi connectivity index (χ2v) is 6.91. The third-order valence-electron chi connectivity index (χ3n) is 5.28. The summed E-state index contributed by atoms with van der Waals surface area (Å²) in [6, 6.07) is 3.48. The Morgan fingerprint density at radius 1 is 1.42 bits per heavy atom. The molecule has 140 valence electrons. The number of carboxylic acids is 1. The van der Waals surface area contributed by atoms with Crippen LogP contribution in [-0.4, -0.2) is 35.0 Å². The Morgan fingerprint density at radius 3 is 2.88 bits per heavy atom. The SMILES string of the molecule is COC(=O)[C@]12CCCCC=C1N(Cc1ccco1)C(=O)[C@@H](CC(=O)O)C2. The average molecular weight is 361 g/mol. The van der Waals surface area contributed by atoms with E-state index in [2.05, 4.69) is 0 Å². The van der Waals surface area contributed by atoms with Gasteiger partial charge in [0.15, 0.2) is 0 Å². The number of furan rings is 1. The molecule has 3 rings (SSSR count). The molecule has 1 aromatic rings. The fraction of sp³-hybridized carbons (Fsp3) is 0.526. The summed E-state index contributed by atoms with van der Waals surface area (Å²) in [6.45, 7) is 0.173. The van der Waals surface area contributed by atoms with E-state index < -0.39 is 23.3 Å². The van der Waals surface area contributed by atoms with Crippen molar-refractivity contribution in [2.75, 3.05) is 7.11 Å². The highest BCUT2D eigenvalue weighted by Crippen LogP contribution is 2.49. The predicted molar refractivity (Wildman–Crippen MR) is 90.6 cm³/mol. The number of esters is 1. The second kappa shape index (κ2) is 7.35. The summed E-state index contributed by atoms with van der Waals surface area (Å²) >= 11 is 0. The number of nitrogens with zero attached hydrogens (tertiary/aromatic N) is 1. The molecule has 1 saturated heterocycles. The maximum absolute atomic E-state index is 13.0. The van der Waals surface area contributed by atoms with Crippen LogP contribution in [-0.2, 0) is 25.7 Å². The Labute approximate surface area is 151 Å². The molecule has 1 aromatic heterocycles. The second-order valence-electron chi connectivity index (χ2n) is 6.91. The summed E-state index contributed by atoms with van der Waals surface area (Å²) in [5.74, 6) is -1.92. The van der Waals surface area contributed by atoms with Gasteiger partial charge in [-0.05, 0) is 37.8 Å². The van der Waals surface area contributed by atoms with Crippen LogP contribution in [0, 0.1) is 11.3 Å². The predicted octanol–water partition coefficient (Wildman–Crippen LogP) is 2.72. The van der Waals surface area contributed by atoms with Gasteiger partial charge in [-0.1, -0.05) is 12.5 Å². The van der Waals surface area contributed by atoms with Crippen LogP contribution in [0.5, 0.6) is 0 Å². The first-order valence-corrected chi connectivity index (χ1v) is 8.82. The molecule has 7 heteroatoms. The number of fused-ring (bicyclic) bond motifs is 1. The van der Waals surface area contributed by atoms with Crippen molar-refractivity contribution in [2.45, 2.75) is 45.1 Å². The number of aliphatic carboxylic acids is 1. The smallest absolute Gasteiger partial charge is 0.317 e. The molecule has 0 unspecified atom stereocenters. The fourth-order valence-corrected chi connectivity index (χ4v) is 4.13. The van der Waals surface area contributed by atoms with Crippen molar-refractivity contribution in [1.82, 2.24) is 4.90 Å². The summed E-state index contributed by atoms with van der Waals surface area (Å²) in [5.41, 5.74) is -0.351. The van der Waals surface area contributed by atoms with E-state index in [1.54, 1.807) is 12.1 Å². The maximum Gasteiger partial charge on any atom is 0.317 e. The van der Waals surface area contributed by atoms with E-state index >= 15 is 0 Å². The van der Waals surface area contributed by atoms with Crippen molar-refractivity contribution in [3.05, 3.63) is 35.9 Å². The number of allylic oxidation sites excluding steroid dienone is 1. The minimum absolute atomic E-state index is 0.172. The van der Waals surface area contributed by atoms with Gasteiger partial charge in [0.05, 0.1) is 32.3 Å². The quantitative estimate of drug-likeness (QED) is 0.810. The molecule has 0 bridgehead atoms. The van der Waals surface area contributed by atoms with Crippen LogP contribution >= 0.6 is 0 Å². The Kier molecular flexibility index (Phi) is 5.15. The molecule has 1 aliphatic carbocycles. The van der Waals surface area contributed by atoms with Crippen LogP contribution in [0.2, 0.25) is 0 Å². The van der Waals surface area contributed by atoms with E-state index in [0.29, 0.717) is 17.9 Å². The first-order valence-electron chi connectivity index (χ1n) is 8.82. The lowest BCUT2D eigenvalue weighted by Crippen LogP contribution is -2.52. The molecular weight excluding hydrogens is 338 g/mol. The lowest BCUT2D eigenvalue weighted by atomic mass is 9.69. The minimum Gasteiger partial charge on any atom is -0.481 e. The van der Waals surface area contributed by atoms with Crippen LogP contribution in [0.3, 0.4) is 0 Å². The van der Waals surface area contributed by atoms with E-state index in [1.165, 1.54) is 18.3 Å². The van der Waals surface area contributed by atoms with E-state index in [4.69, 9.17) is 9.15 Å². The fourth-order valence-electron chi connectivity index (χ4n) is 4.13. The summed E-state index contributed by atoms with van der Waals surface area (Å²) < 4.78 is 10.5. The number of carboxylic acid groups (broad SMARTS) is 1. The molecule has 0 saturated carbocycles. The molecular formula is C19H23NO6. The number of hydrogen-bond donors (Lipinski definition) is 1. The number of likely N-dealkylation sites (tertiary alicyclic amines) is 1. The van der Waals surface area contributed by atoms with Crippen LogP contribution < -0.4 is 0 Å². The van der Waals surface area contributed by atoms with Crippen LogP contribution in [0.15, 0.2) is 34.6 Å². The van der Waals surface area contributed by atoms with Crippen molar-refractivity contribution < 1.29 is 28.6 Å². The van der Waals surface area contributed by atoms with Gasteiger partial charge < -0.3 is 19.2 Å². The molecule has 0 aromatic carbocycles. The topological polar surface area (TPSA) is 97.0 Å². The van der Waals surface area contributed by atoms with Gasteiger partial charge >= 0.3 is 11.9 Å². The maximum atomic E-state index is 13.0. The highest BCUT2D eigenvalue weighted by atomic mass is 16.5. The Balaban J connectivity index is 2.06. The number of methoxy groups -OCH3 is 1. The van der Waals surface area contributed by atoms with Crippen LogP contribution in [0.4, 0.5) is 0 Å². The standard InChI is InChI=1S/C19H23NO6/c1-25-18(24)19-8-4-2-3-7-15(19)20(12-14-6-5-9-26-14)17(23)13(11-19)10-16(21)22/h5-7,9,13H,2-4,8,10-12H2,1H3,(H,21,22)/t13-,19-/m0/s1. The number of carbonyl (C=O) groups is 3. The Hall–Kier alpha value is -2.57. The highest BCUT2D eigenvalue weighted by molar-refractivity contribution is 5.91. The first-order chi connectivity index (χ1) is 12.5. The first kappa shape index (κ1) is 18.2. The van der Waals surface area contributed by atoms with Crippen molar-refractivity contribution in [3.8, 4) is 0 Å². The molecule has 0 spiro atoms. The molecule has 0 radical (unpaired) electrons. The summed E-state index contributed by atoms with van der Waals surface area (Å²) in [7, 11) is 1.33. The van der Waals surface area contributed by atoms with E-state index in [9.17, 15) is 19.5 Å². The molecule has 1 amide bonds. The van der Waals surface area contributed by atoms with E-state index in [1.807, 2.05) is 6.08 Å². The molecule has 2 atom stereocenters. The molecule has 7 nitrogen and oxygen atoms in total. The number of rotatable bonds is 5. The normalized spacial score (nSPS) is 25.9. The molecule has 1 fully saturated rings. The monoisotopic (exact) mass is 361 g/mol. The van der Waals surface area contributed by atoms with E-state index in [0.717, 1.165) is 19.3 Å². The van der Waals surface area contributed by atoms with Gasteiger partial charge in [0.1, 0.15) is 11.2 Å². The number of amides is 1. The zero-order valence-corrected chi connectivity index (χ0v) is 14.8. The molecule has 1 aliphatic heterocycles. The third kappa shape index (κ3) is 3.25. The Morgan fingerprint density at radius 2 is 2.23 bits per heavy atom. The van der Waals surface area contributed by atoms with Gasteiger partial charge in [0.25, 0.3) is 0 Å². The molecule has 26 heavy (non-hydrogen) atoms. The van der Waals surface area contributed by atoms with Crippen LogP contribution in [0.25, 0.3) is 0 Å². The lowest BCUT2D eigenvalue weighted by Gasteiger charge is -2.45. The molecule has 2 aliphatic rings. The molecule has 1 N–H and O–H groups in total. The summed E-state index contributed by atoms with van der Waals surface area (Å²) in [6.07, 6.45) is 6.36. The highest BCUT2D eigenvalue weighted by Gasteiger charge is 2.54. The number of hydrogen-bond acceptors (Lipinski definition) is 5. The van der Waals surface area contributed by atoms with Crippen molar-refractivity contribution in [1.29, 1.82) is 0 Å². The van der Waals surface area contributed by atoms with Crippen molar-refractivity contribution in [2.24, 2.45) is 11.3 Å². The number of ether oxygens (including phenoxy) is 1. The number of piperidine rings is 1. The van der Waals surface area contributed by atoms with Gasteiger partial charge in [-0.15, -0.1) is 0 Å². The zero-order chi connectivity index (χ0) is 18.7. The Bertz CT molecular complexity index is 722. The van der Waals surface area contributed by atoms with Gasteiger partial charge in [-0.3, -0.25) is 14.4 Å². The molecule has 2 heterocycles. The van der Waals surface area contributed by atoms with Gasteiger partial charge in [-0.25, -0.2) is 0 Å². The third-order valence-corrected chi connectivity index (χ3v) is 5.28. The summed E-state index contributed by atoms with van der Waals surface area (Å²) in [4.78, 5) is 38.6. The van der Waals surface area contributed by atoms with Gasteiger partial charge in [0.2, 0.25) is 5.91 Å². The van der Waals surface area contributed by atoms with Gasteiger partial charge in [0, 0.05) is 5.70 Å². The summed E-state index contributed by atoms with van der Waals surface area (Å²) in [5, 5.41) is 9.24. The van der Waals surface area contributed by atoms with E-state index in [-0.39, 0.29) is 25.3 Å². The van der Waals surface area contributed by atoms with Crippen molar-refractivity contribution in [3.63, 3.8) is 0 Å². The largest absolute Gasteiger partial charge is 0.481 e. The van der Waals surface area contributed by atoms with Gasteiger partial charge in [-0.2, -0.15) is 0 Å². The minimum atomic E-state index is -1.05. The van der Waals surface area contributed by atoms with Crippen LogP contribution in [0.1, 0.15) is 44.3 Å².